The second-order valence-electron chi connectivity index (χ2n) is 6.99. The lowest BCUT2D eigenvalue weighted by atomic mass is 10.1. The summed E-state index contributed by atoms with van der Waals surface area (Å²) in [4.78, 5) is 21.2. The number of nitrogens with zero attached hydrogens (tertiary/aromatic N) is 1. The van der Waals surface area contributed by atoms with Crippen LogP contribution < -0.4 is 15.6 Å². The monoisotopic (exact) mass is 432 g/mol. The molecule has 0 fully saturated rings. The first-order valence-electron chi connectivity index (χ1n) is 10.1. The molecule has 0 aliphatic rings. The SMILES string of the molecule is COCCCNSc1ccc(Nc2nc(-c3ccccc3)cc3cc[nH]c(=O)c23)cc1. The highest BCUT2D eigenvalue weighted by atomic mass is 32.2. The molecule has 6 nitrogen and oxygen atoms in total. The van der Waals surface area contributed by atoms with Crippen molar-refractivity contribution in [2.45, 2.75) is 11.3 Å². The smallest absolute Gasteiger partial charge is 0.259 e. The Morgan fingerprint density at radius 3 is 2.65 bits per heavy atom. The highest BCUT2D eigenvalue weighted by Gasteiger charge is 2.11. The van der Waals surface area contributed by atoms with Gasteiger partial charge in [-0.3, -0.25) is 9.52 Å². The third-order valence-electron chi connectivity index (χ3n) is 4.76. The summed E-state index contributed by atoms with van der Waals surface area (Å²) in [6.07, 6.45) is 2.63. The van der Waals surface area contributed by atoms with Gasteiger partial charge in [-0.15, -0.1) is 0 Å². The number of rotatable bonds is 9. The van der Waals surface area contributed by atoms with Crippen LogP contribution in [0.4, 0.5) is 11.5 Å². The second-order valence-corrected chi connectivity index (χ2v) is 7.95. The van der Waals surface area contributed by atoms with Crippen molar-refractivity contribution in [3.05, 3.63) is 83.3 Å². The number of H-pyrrole nitrogens is 1. The molecule has 0 spiro atoms. The van der Waals surface area contributed by atoms with E-state index in [1.165, 1.54) is 0 Å². The minimum Gasteiger partial charge on any atom is -0.385 e. The summed E-state index contributed by atoms with van der Waals surface area (Å²) < 4.78 is 8.38. The lowest BCUT2D eigenvalue weighted by molar-refractivity contribution is 0.196. The summed E-state index contributed by atoms with van der Waals surface area (Å²) in [6, 6.07) is 21.8. The molecule has 0 saturated carbocycles. The fourth-order valence-electron chi connectivity index (χ4n) is 3.23. The predicted molar refractivity (Wildman–Crippen MR) is 128 cm³/mol. The Balaban J connectivity index is 1.58. The van der Waals surface area contributed by atoms with Crippen LogP contribution in [-0.2, 0) is 4.74 Å². The number of anilines is 2. The normalized spacial score (nSPS) is 11.0. The van der Waals surface area contributed by atoms with Gasteiger partial charge in [0.15, 0.2) is 0 Å². The van der Waals surface area contributed by atoms with E-state index in [4.69, 9.17) is 9.72 Å². The quantitative estimate of drug-likeness (QED) is 0.256. The number of ether oxygens (including phenoxy) is 1. The van der Waals surface area contributed by atoms with Crippen LogP contribution in [0.2, 0.25) is 0 Å². The van der Waals surface area contributed by atoms with E-state index in [-0.39, 0.29) is 5.56 Å². The minimum absolute atomic E-state index is 0.167. The van der Waals surface area contributed by atoms with Crippen molar-refractivity contribution in [1.29, 1.82) is 0 Å². The first-order chi connectivity index (χ1) is 15.2. The van der Waals surface area contributed by atoms with E-state index in [1.54, 1.807) is 25.3 Å². The van der Waals surface area contributed by atoms with E-state index >= 15 is 0 Å². The van der Waals surface area contributed by atoms with Crippen molar-refractivity contribution in [1.82, 2.24) is 14.7 Å². The Hall–Kier alpha value is -3.13. The number of aromatic nitrogens is 2. The number of fused-ring (bicyclic) bond motifs is 1. The Morgan fingerprint density at radius 1 is 1.06 bits per heavy atom. The van der Waals surface area contributed by atoms with Crippen molar-refractivity contribution < 1.29 is 4.74 Å². The second kappa shape index (κ2) is 10.3. The highest BCUT2D eigenvalue weighted by molar-refractivity contribution is 7.97. The molecule has 158 valence electrons. The Labute approximate surface area is 185 Å². The first-order valence-corrected chi connectivity index (χ1v) is 10.9. The lowest BCUT2D eigenvalue weighted by Gasteiger charge is -2.12. The zero-order valence-corrected chi connectivity index (χ0v) is 18.0. The van der Waals surface area contributed by atoms with E-state index in [2.05, 4.69) is 15.0 Å². The molecule has 2 heterocycles. The number of nitrogens with one attached hydrogen (secondary N) is 3. The summed E-state index contributed by atoms with van der Waals surface area (Å²) in [7, 11) is 1.71. The summed E-state index contributed by atoms with van der Waals surface area (Å²) in [6.45, 7) is 1.63. The molecular formula is C24H24N4O2S. The van der Waals surface area contributed by atoms with Gasteiger partial charge >= 0.3 is 0 Å². The molecule has 2 aromatic heterocycles. The zero-order chi connectivity index (χ0) is 21.5. The number of benzene rings is 2. The molecule has 0 unspecified atom stereocenters. The lowest BCUT2D eigenvalue weighted by Crippen LogP contribution is -2.09. The van der Waals surface area contributed by atoms with Gasteiger partial charge in [0.25, 0.3) is 5.56 Å². The number of hydrogen-bond donors (Lipinski definition) is 3. The fourth-order valence-corrected chi connectivity index (χ4v) is 3.91. The predicted octanol–water partition coefficient (Wildman–Crippen LogP) is 4.97. The summed E-state index contributed by atoms with van der Waals surface area (Å²) >= 11 is 1.59. The summed E-state index contributed by atoms with van der Waals surface area (Å²) in [5, 5.41) is 4.71. The van der Waals surface area contributed by atoms with Crippen molar-refractivity contribution in [2.24, 2.45) is 0 Å². The van der Waals surface area contributed by atoms with Gasteiger partial charge in [0, 0.05) is 42.6 Å². The molecule has 0 aliphatic carbocycles. The molecule has 31 heavy (non-hydrogen) atoms. The average molecular weight is 433 g/mol. The van der Waals surface area contributed by atoms with Gasteiger partial charge in [-0.05, 0) is 60.2 Å². The van der Waals surface area contributed by atoms with Gasteiger partial charge in [-0.25, -0.2) is 4.98 Å². The van der Waals surface area contributed by atoms with Gasteiger partial charge in [0.05, 0.1) is 11.1 Å². The molecule has 3 N–H and O–H groups in total. The van der Waals surface area contributed by atoms with Crippen LogP contribution in [-0.4, -0.2) is 30.2 Å². The molecule has 0 saturated heterocycles. The van der Waals surface area contributed by atoms with E-state index in [9.17, 15) is 4.79 Å². The van der Waals surface area contributed by atoms with Crippen LogP contribution >= 0.6 is 11.9 Å². The van der Waals surface area contributed by atoms with Crippen LogP contribution in [0.3, 0.4) is 0 Å². The molecule has 7 heteroatoms. The van der Waals surface area contributed by atoms with E-state index in [0.29, 0.717) is 11.2 Å². The van der Waals surface area contributed by atoms with Crippen molar-refractivity contribution in [3.63, 3.8) is 0 Å². The molecule has 0 aliphatic heterocycles. The van der Waals surface area contributed by atoms with E-state index in [1.807, 2.05) is 66.7 Å². The molecule has 0 radical (unpaired) electrons. The zero-order valence-electron chi connectivity index (χ0n) is 17.2. The summed E-state index contributed by atoms with van der Waals surface area (Å²) in [5.74, 6) is 0.538. The third kappa shape index (κ3) is 5.32. The summed E-state index contributed by atoms with van der Waals surface area (Å²) in [5.41, 5.74) is 2.51. The average Bonchev–Trinajstić information content (AvgIpc) is 2.80. The number of pyridine rings is 2. The van der Waals surface area contributed by atoms with Crippen molar-refractivity contribution in [2.75, 3.05) is 25.6 Å². The molecule has 4 aromatic rings. The van der Waals surface area contributed by atoms with Gasteiger partial charge < -0.3 is 15.0 Å². The molecule has 0 atom stereocenters. The molecular weight excluding hydrogens is 408 g/mol. The standard InChI is InChI=1S/C24H24N4O2S/c1-30-15-5-13-26-31-20-10-8-19(9-11-20)27-23-22-18(12-14-25-24(22)29)16-21(28-23)17-6-3-2-4-7-17/h2-4,6-12,14,16,26H,5,13,15H2,1H3,(H,25,29)(H,27,28). The van der Waals surface area contributed by atoms with Crippen LogP contribution in [0.1, 0.15) is 6.42 Å². The fraction of sp³-hybridized carbons (Fsp3) is 0.167. The number of hydrogen-bond acceptors (Lipinski definition) is 6. The Morgan fingerprint density at radius 2 is 1.87 bits per heavy atom. The minimum atomic E-state index is -0.167. The maximum atomic E-state index is 12.5. The van der Waals surface area contributed by atoms with Crippen LogP contribution in [0.5, 0.6) is 0 Å². The van der Waals surface area contributed by atoms with Crippen molar-refractivity contribution in [3.8, 4) is 11.3 Å². The third-order valence-corrected chi connectivity index (χ3v) is 5.61. The first kappa shape index (κ1) is 21.1. The van der Waals surface area contributed by atoms with Crippen LogP contribution in [0.15, 0.2) is 82.6 Å². The Bertz CT molecular complexity index is 1190. The molecule has 4 rings (SSSR count). The number of aromatic amines is 1. The number of methoxy groups -OCH3 is 1. The van der Waals surface area contributed by atoms with Crippen LogP contribution in [0, 0.1) is 0 Å². The largest absolute Gasteiger partial charge is 0.385 e. The maximum Gasteiger partial charge on any atom is 0.259 e. The van der Waals surface area contributed by atoms with E-state index < -0.39 is 0 Å². The highest BCUT2D eigenvalue weighted by Crippen LogP contribution is 2.28. The van der Waals surface area contributed by atoms with E-state index in [0.717, 1.165) is 46.8 Å². The van der Waals surface area contributed by atoms with Gasteiger partial charge in [-0.2, -0.15) is 0 Å². The van der Waals surface area contributed by atoms with Gasteiger partial charge in [-0.1, -0.05) is 30.3 Å². The topological polar surface area (TPSA) is 79.0 Å². The maximum absolute atomic E-state index is 12.5. The molecule has 0 amide bonds. The Kier molecular flexibility index (Phi) is 6.99. The van der Waals surface area contributed by atoms with Gasteiger partial charge in [0.1, 0.15) is 5.82 Å². The van der Waals surface area contributed by atoms with Gasteiger partial charge in [0.2, 0.25) is 0 Å². The molecule has 2 aromatic carbocycles. The molecule has 0 bridgehead atoms. The van der Waals surface area contributed by atoms with Crippen LogP contribution in [0.25, 0.3) is 22.0 Å². The van der Waals surface area contributed by atoms with Crippen molar-refractivity contribution >= 4 is 34.2 Å².